The Bertz CT molecular complexity index is 675. The van der Waals surface area contributed by atoms with Crippen molar-refractivity contribution in [3.05, 3.63) is 48.3 Å². The summed E-state index contributed by atoms with van der Waals surface area (Å²) in [7, 11) is 0. The summed E-state index contributed by atoms with van der Waals surface area (Å²) in [4.78, 5) is 19.2. The molecule has 0 amide bonds. The number of hydrogen-bond donors (Lipinski definition) is 0. The number of carbonyl (C=O) groups excluding carboxylic acids is 1. The standard InChI is InChI=1S/C12H8N4O/c17-8-9-4-6-16-11(7-9)14-12(15-16)10-3-1-2-5-13-10/h1-8H. The van der Waals surface area contributed by atoms with Crippen LogP contribution < -0.4 is 0 Å². The molecule has 3 aromatic rings. The number of fused-ring (bicyclic) bond motifs is 1. The molecule has 0 N–H and O–H groups in total. The van der Waals surface area contributed by atoms with Crippen LogP contribution in [0.25, 0.3) is 17.2 Å². The van der Waals surface area contributed by atoms with Gasteiger partial charge in [0.25, 0.3) is 0 Å². The SMILES string of the molecule is O=Cc1ccn2nc(-c3ccccn3)nc2c1. The lowest BCUT2D eigenvalue weighted by atomic mass is 10.3. The van der Waals surface area contributed by atoms with Crippen molar-refractivity contribution in [2.45, 2.75) is 0 Å². The highest BCUT2D eigenvalue weighted by Gasteiger charge is 2.06. The van der Waals surface area contributed by atoms with E-state index in [-0.39, 0.29) is 0 Å². The quantitative estimate of drug-likeness (QED) is 0.620. The first-order chi connectivity index (χ1) is 8.36. The van der Waals surface area contributed by atoms with E-state index < -0.39 is 0 Å². The van der Waals surface area contributed by atoms with Crippen LogP contribution in [0.4, 0.5) is 0 Å². The molecule has 0 radical (unpaired) electrons. The molecule has 0 fully saturated rings. The second kappa shape index (κ2) is 3.79. The third-order valence-corrected chi connectivity index (χ3v) is 2.39. The van der Waals surface area contributed by atoms with E-state index >= 15 is 0 Å². The second-order valence-corrected chi connectivity index (χ2v) is 3.53. The molecule has 0 aromatic carbocycles. The van der Waals surface area contributed by atoms with Gasteiger partial charge in [0, 0.05) is 18.0 Å². The van der Waals surface area contributed by atoms with Crippen molar-refractivity contribution in [2.75, 3.05) is 0 Å². The van der Waals surface area contributed by atoms with Crippen LogP contribution in [0, 0.1) is 0 Å². The number of nitrogens with zero attached hydrogens (tertiary/aromatic N) is 4. The van der Waals surface area contributed by atoms with Crippen molar-refractivity contribution in [1.29, 1.82) is 0 Å². The fourth-order valence-corrected chi connectivity index (χ4v) is 1.57. The van der Waals surface area contributed by atoms with Gasteiger partial charge in [-0.3, -0.25) is 9.78 Å². The van der Waals surface area contributed by atoms with Gasteiger partial charge in [0.15, 0.2) is 5.65 Å². The summed E-state index contributed by atoms with van der Waals surface area (Å²) in [6.07, 6.45) is 4.19. The molecule has 0 aliphatic carbocycles. The average Bonchev–Trinajstić information content (AvgIpc) is 2.82. The Labute approximate surface area is 96.8 Å². The molecule has 3 heterocycles. The third-order valence-electron chi connectivity index (χ3n) is 2.39. The van der Waals surface area contributed by atoms with Crippen LogP contribution in [0.5, 0.6) is 0 Å². The highest BCUT2D eigenvalue weighted by molar-refractivity contribution is 5.76. The maximum atomic E-state index is 10.7. The highest BCUT2D eigenvalue weighted by Crippen LogP contribution is 2.13. The van der Waals surface area contributed by atoms with Crippen LogP contribution in [0.2, 0.25) is 0 Å². The lowest BCUT2D eigenvalue weighted by molar-refractivity contribution is 0.112. The number of rotatable bonds is 2. The fraction of sp³-hybridized carbons (Fsp3) is 0. The Morgan fingerprint density at radius 3 is 2.94 bits per heavy atom. The molecule has 0 aliphatic heterocycles. The summed E-state index contributed by atoms with van der Waals surface area (Å²) in [6, 6.07) is 8.94. The van der Waals surface area contributed by atoms with Crippen LogP contribution in [-0.4, -0.2) is 25.9 Å². The van der Waals surface area contributed by atoms with E-state index in [1.165, 1.54) is 0 Å². The molecule has 17 heavy (non-hydrogen) atoms. The molecule has 0 atom stereocenters. The smallest absolute Gasteiger partial charge is 0.200 e. The average molecular weight is 224 g/mol. The van der Waals surface area contributed by atoms with Gasteiger partial charge in [-0.15, -0.1) is 5.10 Å². The molecule has 0 spiro atoms. The lowest BCUT2D eigenvalue weighted by Crippen LogP contribution is -1.89. The molecule has 0 saturated heterocycles. The summed E-state index contributed by atoms with van der Waals surface area (Å²) < 4.78 is 1.62. The van der Waals surface area contributed by atoms with Crippen molar-refractivity contribution in [1.82, 2.24) is 19.6 Å². The number of hydrogen-bond acceptors (Lipinski definition) is 4. The third kappa shape index (κ3) is 1.67. The predicted molar refractivity (Wildman–Crippen MR) is 61.6 cm³/mol. The van der Waals surface area contributed by atoms with Crippen LogP contribution >= 0.6 is 0 Å². The van der Waals surface area contributed by atoms with Gasteiger partial charge in [0.05, 0.1) is 0 Å². The van der Waals surface area contributed by atoms with E-state index in [1.807, 2.05) is 18.2 Å². The molecule has 3 aromatic heterocycles. The highest BCUT2D eigenvalue weighted by atomic mass is 16.1. The number of pyridine rings is 2. The molecular formula is C12H8N4O. The van der Waals surface area contributed by atoms with Gasteiger partial charge in [-0.25, -0.2) is 9.50 Å². The van der Waals surface area contributed by atoms with E-state index in [9.17, 15) is 4.79 Å². The normalized spacial score (nSPS) is 10.6. The molecule has 5 heteroatoms. The zero-order valence-corrected chi connectivity index (χ0v) is 8.82. The van der Waals surface area contributed by atoms with Crippen molar-refractivity contribution < 1.29 is 4.79 Å². The van der Waals surface area contributed by atoms with Crippen molar-refractivity contribution in [2.24, 2.45) is 0 Å². The van der Waals surface area contributed by atoms with Gasteiger partial charge in [-0.2, -0.15) is 0 Å². The molecule has 0 saturated carbocycles. The number of carbonyl (C=O) groups is 1. The molecular weight excluding hydrogens is 216 g/mol. The Morgan fingerprint density at radius 2 is 2.18 bits per heavy atom. The maximum Gasteiger partial charge on any atom is 0.200 e. The minimum absolute atomic E-state index is 0.550. The van der Waals surface area contributed by atoms with E-state index in [0.29, 0.717) is 22.7 Å². The molecule has 5 nitrogen and oxygen atoms in total. The summed E-state index contributed by atoms with van der Waals surface area (Å²) in [5, 5.41) is 4.29. The summed E-state index contributed by atoms with van der Waals surface area (Å²) in [5.41, 5.74) is 1.93. The van der Waals surface area contributed by atoms with Crippen LogP contribution in [0.1, 0.15) is 10.4 Å². The van der Waals surface area contributed by atoms with Gasteiger partial charge >= 0.3 is 0 Å². The minimum Gasteiger partial charge on any atom is -0.298 e. The van der Waals surface area contributed by atoms with Gasteiger partial charge in [-0.05, 0) is 24.3 Å². The predicted octanol–water partition coefficient (Wildman–Crippen LogP) is 1.60. The first kappa shape index (κ1) is 9.65. The van der Waals surface area contributed by atoms with Crippen LogP contribution in [0.3, 0.4) is 0 Å². The van der Waals surface area contributed by atoms with Gasteiger partial charge in [-0.1, -0.05) is 6.07 Å². The second-order valence-electron chi connectivity index (χ2n) is 3.53. The summed E-state index contributed by atoms with van der Waals surface area (Å²) in [5.74, 6) is 0.550. The molecule has 0 aliphatic rings. The Morgan fingerprint density at radius 1 is 1.24 bits per heavy atom. The van der Waals surface area contributed by atoms with E-state index in [1.54, 1.807) is 29.0 Å². The van der Waals surface area contributed by atoms with E-state index in [0.717, 1.165) is 6.29 Å². The van der Waals surface area contributed by atoms with Crippen molar-refractivity contribution in [3.63, 3.8) is 0 Å². The Balaban J connectivity index is 2.17. The minimum atomic E-state index is 0.550. The first-order valence-electron chi connectivity index (χ1n) is 5.10. The lowest BCUT2D eigenvalue weighted by Gasteiger charge is -1.90. The first-order valence-corrected chi connectivity index (χ1v) is 5.10. The van der Waals surface area contributed by atoms with E-state index in [4.69, 9.17) is 0 Å². The van der Waals surface area contributed by atoms with Gasteiger partial charge in [0.2, 0.25) is 5.82 Å². The molecule has 3 rings (SSSR count). The number of aldehydes is 1. The van der Waals surface area contributed by atoms with Gasteiger partial charge < -0.3 is 0 Å². The Kier molecular flexibility index (Phi) is 2.15. The summed E-state index contributed by atoms with van der Waals surface area (Å²) >= 11 is 0. The van der Waals surface area contributed by atoms with Gasteiger partial charge in [0.1, 0.15) is 12.0 Å². The zero-order valence-electron chi connectivity index (χ0n) is 8.82. The maximum absolute atomic E-state index is 10.7. The van der Waals surface area contributed by atoms with E-state index in [2.05, 4.69) is 15.1 Å². The van der Waals surface area contributed by atoms with Crippen molar-refractivity contribution in [3.8, 4) is 11.5 Å². The van der Waals surface area contributed by atoms with Crippen LogP contribution in [0.15, 0.2) is 42.7 Å². The molecule has 0 unspecified atom stereocenters. The molecule has 0 bridgehead atoms. The largest absolute Gasteiger partial charge is 0.298 e. The molecule has 82 valence electrons. The van der Waals surface area contributed by atoms with Crippen LogP contribution in [-0.2, 0) is 0 Å². The topological polar surface area (TPSA) is 60.2 Å². The summed E-state index contributed by atoms with van der Waals surface area (Å²) in [6.45, 7) is 0. The fourth-order valence-electron chi connectivity index (χ4n) is 1.57. The monoisotopic (exact) mass is 224 g/mol. The van der Waals surface area contributed by atoms with Crippen molar-refractivity contribution >= 4 is 11.9 Å². The number of aromatic nitrogens is 4. The Hall–Kier alpha value is -2.56. The zero-order chi connectivity index (χ0) is 11.7.